The van der Waals surface area contributed by atoms with E-state index in [1.807, 2.05) is 30.3 Å². The van der Waals surface area contributed by atoms with E-state index in [0.29, 0.717) is 12.4 Å². The Labute approximate surface area is 258 Å². The first-order valence-electron chi connectivity index (χ1n) is 14.9. The molecule has 2 aromatic rings. The summed E-state index contributed by atoms with van der Waals surface area (Å²) in [5.41, 5.74) is 2.52. The highest BCUT2D eigenvalue weighted by atomic mass is 28.4. The van der Waals surface area contributed by atoms with Crippen molar-refractivity contribution in [3.8, 4) is 0 Å². The molecule has 3 heterocycles. The minimum absolute atomic E-state index is 0.0182. The number of fused-ring (bicyclic) bond motifs is 4. The van der Waals surface area contributed by atoms with Gasteiger partial charge in [0.1, 0.15) is 25.2 Å². The second-order valence-corrected chi connectivity index (χ2v) is 24.3. The maximum atomic E-state index is 13.9. The van der Waals surface area contributed by atoms with Gasteiger partial charge in [0.2, 0.25) is 5.91 Å². The average molecular weight is 628 g/mol. The maximum absolute atomic E-state index is 13.9. The molecule has 2 aliphatic heterocycles. The SMILES string of the molecule is CN/C(=N\O[Si](C)(C)C(C)(C)C)[C@@H]1c2c(cnn2CC(=O)N[Si](C)(C)C(C)(C)C)[C@@H]2CN1C(=O)N2OCc1ccccc1. The number of hydroxylamine groups is 2. The number of carbonyl (C=O) groups excluding carboxylic acids is 2. The summed E-state index contributed by atoms with van der Waals surface area (Å²) < 4.78 is 7.97. The van der Waals surface area contributed by atoms with Gasteiger partial charge in [-0.25, -0.2) is 4.79 Å². The molecule has 4 rings (SSSR count). The predicted octanol–water partition coefficient (Wildman–Crippen LogP) is 5.52. The molecule has 0 spiro atoms. The number of carbonyl (C=O) groups is 2. The minimum atomic E-state index is -2.26. The molecule has 236 valence electrons. The van der Waals surface area contributed by atoms with Crippen molar-refractivity contribution >= 4 is 34.3 Å². The first-order valence-corrected chi connectivity index (χ1v) is 20.9. The van der Waals surface area contributed by atoms with Crippen LogP contribution in [0.5, 0.6) is 0 Å². The molecule has 11 nitrogen and oxygen atoms in total. The Morgan fingerprint density at radius 3 is 2.30 bits per heavy atom. The van der Waals surface area contributed by atoms with Crippen molar-refractivity contribution in [1.82, 2.24) is 30.0 Å². The molecular weight excluding hydrogens is 579 g/mol. The Bertz CT molecular complexity index is 1360. The van der Waals surface area contributed by atoms with Crippen LogP contribution in [0.1, 0.15) is 70.4 Å². The smallest absolute Gasteiger partial charge is 0.345 e. The second kappa shape index (κ2) is 11.7. The van der Waals surface area contributed by atoms with Gasteiger partial charge in [-0.2, -0.15) is 10.2 Å². The van der Waals surface area contributed by atoms with Crippen LogP contribution in [0, 0.1) is 0 Å². The van der Waals surface area contributed by atoms with Gasteiger partial charge in [-0.3, -0.25) is 14.3 Å². The van der Waals surface area contributed by atoms with Gasteiger partial charge in [-0.15, -0.1) is 0 Å². The zero-order valence-corrected chi connectivity index (χ0v) is 29.6. The van der Waals surface area contributed by atoms with E-state index in [1.54, 1.807) is 22.8 Å². The van der Waals surface area contributed by atoms with E-state index in [0.717, 1.165) is 16.8 Å². The first-order chi connectivity index (χ1) is 19.9. The third kappa shape index (κ3) is 6.53. The Morgan fingerprint density at radius 1 is 1.07 bits per heavy atom. The van der Waals surface area contributed by atoms with Crippen LogP contribution in [0.25, 0.3) is 0 Å². The Morgan fingerprint density at radius 2 is 1.72 bits per heavy atom. The Kier molecular flexibility index (Phi) is 8.93. The minimum Gasteiger partial charge on any atom is -0.453 e. The largest absolute Gasteiger partial charge is 0.453 e. The van der Waals surface area contributed by atoms with Gasteiger partial charge in [-0.1, -0.05) is 90.1 Å². The van der Waals surface area contributed by atoms with Crippen LogP contribution in [-0.4, -0.2) is 67.7 Å². The monoisotopic (exact) mass is 627 g/mol. The third-order valence-corrected chi connectivity index (χ3v) is 18.3. The molecule has 3 amide bonds. The maximum Gasteiger partial charge on any atom is 0.345 e. The average Bonchev–Trinajstić information content (AvgIpc) is 3.43. The number of nitrogens with one attached hydrogen (secondary N) is 2. The van der Waals surface area contributed by atoms with E-state index in [2.05, 4.69) is 88.3 Å². The third-order valence-electron chi connectivity index (χ3n) is 9.45. The molecule has 0 radical (unpaired) electrons. The fourth-order valence-corrected chi connectivity index (χ4v) is 6.41. The topological polar surface area (TPSA) is 113 Å². The second-order valence-electron chi connectivity index (χ2n) is 14.6. The van der Waals surface area contributed by atoms with E-state index in [1.165, 1.54) is 5.06 Å². The van der Waals surface area contributed by atoms with Crippen LogP contribution >= 0.6 is 0 Å². The van der Waals surface area contributed by atoms with Crippen molar-refractivity contribution in [3.63, 3.8) is 0 Å². The molecule has 1 aromatic heterocycles. The molecule has 0 unspecified atom stereocenters. The molecule has 13 heteroatoms. The summed E-state index contributed by atoms with van der Waals surface area (Å²) >= 11 is 0. The van der Waals surface area contributed by atoms with Crippen molar-refractivity contribution in [2.45, 2.75) is 103 Å². The molecule has 43 heavy (non-hydrogen) atoms. The lowest BCUT2D eigenvalue weighted by molar-refractivity contribution is -0.141. The highest BCUT2D eigenvalue weighted by molar-refractivity contribution is 6.79. The standard InChI is InChI=1S/C30H49N7O4Si2/c1-29(2,3)42(8,9)34-24(38)19-36-25-22(17-32-36)23-18-35(28(39)37(23)40-20-21-15-13-12-14-16-21)26(25)27(31-7)33-41-43(10,11)30(4,5)6/h12-17,23,26H,18-20H2,1-11H3,(H,31,33)(H,34,38)/t23-,26-/m0/s1. The van der Waals surface area contributed by atoms with Gasteiger partial charge < -0.3 is 19.7 Å². The molecule has 2 aliphatic rings. The lowest BCUT2D eigenvalue weighted by Gasteiger charge is -2.37. The molecule has 1 saturated heterocycles. The molecule has 2 bridgehead atoms. The van der Waals surface area contributed by atoms with Gasteiger partial charge in [0.25, 0.3) is 8.32 Å². The van der Waals surface area contributed by atoms with E-state index >= 15 is 0 Å². The van der Waals surface area contributed by atoms with Crippen molar-refractivity contribution in [2.75, 3.05) is 13.6 Å². The fourth-order valence-electron chi connectivity index (χ4n) is 4.66. The lowest BCUT2D eigenvalue weighted by Crippen LogP contribution is -2.55. The molecule has 1 aromatic carbocycles. The molecule has 1 fully saturated rings. The number of hydrogen-bond acceptors (Lipinski definition) is 6. The van der Waals surface area contributed by atoms with Crippen molar-refractivity contribution < 1.29 is 19.0 Å². The molecular formula is C30H49N7O4Si2. The first kappa shape index (κ1) is 32.7. The Hall–Kier alpha value is -3.17. The molecule has 0 aliphatic carbocycles. The summed E-state index contributed by atoms with van der Waals surface area (Å²) in [4.78, 5) is 38.5. The quantitative estimate of drug-likeness (QED) is 0.164. The van der Waals surface area contributed by atoms with Crippen LogP contribution in [0.15, 0.2) is 41.7 Å². The van der Waals surface area contributed by atoms with Crippen LogP contribution in [0.2, 0.25) is 36.3 Å². The van der Waals surface area contributed by atoms with E-state index in [9.17, 15) is 9.59 Å². The number of hydrogen-bond donors (Lipinski definition) is 2. The van der Waals surface area contributed by atoms with E-state index < -0.39 is 22.6 Å². The number of nitrogens with zero attached hydrogens (tertiary/aromatic N) is 5. The van der Waals surface area contributed by atoms with Crippen molar-refractivity contribution in [2.24, 2.45) is 5.16 Å². The van der Waals surface area contributed by atoms with Gasteiger partial charge >= 0.3 is 6.03 Å². The zero-order chi connectivity index (χ0) is 32.0. The summed E-state index contributed by atoms with van der Waals surface area (Å²) in [7, 11) is -2.58. The summed E-state index contributed by atoms with van der Waals surface area (Å²) in [6, 6.07) is 8.47. The number of amides is 3. The van der Waals surface area contributed by atoms with Crippen LogP contribution in [0.3, 0.4) is 0 Å². The summed E-state index contributed by atoms with van der Waals surface area (Å²) in [5.74, 6) is 0.377. The van der Waals surface area contributed by atoms with Crippen molar-refractivity contribution in [3.05, 3.63) is 53.3 Å². The zero-order valence-electron chi connectivity index (χ0n) is 27.6. The number of amidine groups is 1. The van der Waals surface area contributed by atoms with Crippen LogP contribution in [-0.2, 0) is 27.3 Å². The van der Waals surface area contributed by atoms with Gasteiger partial charge in [0.05, 0.1) is 18.4 Å². The van der Waals surface area contributed by atoms with Crippen LogP contribution < -0.4 is 10.3 Å². The number of aromatic nitrogens is 2. The highest BCUT2D eigenvalue weighted by Crippen LogP contribution is 2.45. The number of urea groups is 1. The van der Waals surface area contributed by atoms with Crippen molar-refractivity contribution in [1.29, 1.82) is 0 Å². The normalized spacial score (nSPS) is 19.4. The molecule has 2 N–H and O–H groups in total. The van der Waals surface area contributed by atoms with Gasteiger partial charge in [0, 0.05) is 12.6 Å². The van der Waals surface area contributed by atoms with Crippen LogP contribution in [0.4, 0.5) is 4.79 Å². The summed E-state index contributed by atoms with van der Waals surface area (Å²) in [6.45, 7) is 22.2. The van der Waals surface area contributed by atoms with E-state index in [-0.39, 0.29) is 41.2 Å². The Balaban J connectivity index is 1.72. The van der Waals surface area contributed by atoms with Gasteiger partial charge in [-0.05, 0) is 28.7 Å². The number of likely N-dealkylation sites (N-methyl/N-ethyl adjacent to an activating group) is 1. The number of oxime groups is 1. The lowest BCUT2D eigenvalue weighted by atomic mass is 9.97. The molecule has 2 atom stereocenters. The highest BCUT2D eigenvalue weighted by Gasteiger charge is 2.53. The number of rotatable bonds is 9. The molecule has 0 saturated carbocycles. The summed E-state index contributed by atoms with van der Waals surface area (Å²) in [5, 5.41) is 13.9. The summed E-state index contributed by atoms with van der Waals surface area (Å²) in [6.07, 6.45) is 1.75. The van der Waals surface area contributed by atoms with Gasteiger partial charge in [0.15, 0.2) is 14.1 Å². The van der Waals surface area contributed by atoms with E-state index in [4.69, 9.17) is 9.36 Å². The predicted molar refractivity (Wildman–Crippen MR) is 173 cm³/mol. The number of benzene rings is 1. The fraction of sp³-hybridized carbons (Fsp3) is 0.600.